The number of hydrogen-bond acceptors (Lipinski definition) is 10. The van der Waals surface area contributed by atoms with Crippen LogP contribution in [0.5, 0.6) is 11.5 Å². The summed E-state index contributed by atoms with van der Waals surface area (Å²) in [6.45, 7) is 1.26. The normalized spacial score (nSPS) is 12.2. The molecule has 2 N–H and O–H groups in total. The van der Waals surface area contributed by atoms with Crippen LogP contribution in [-0.2, 0) is 46.4 Å². The van der Waals surface area contributed by atoms with Crippen LogP contribution in [0.3, 0.4) is 0 Å². The smallest absolute Gasteiger partial charge is 0.294 e. The average molecular weight is 613 g/mol. The van der Waals surface area contributed by atoms with Gasteiger partial charge in [-0.2, -0.15) is 16.8 Å². The van der Waals surface area contributed by atoms with Gasteiger partial charge in [-0.15, -0.1) is 11.5 Å². The molecule has 0 saturated heterocycles. The molecule has 4 aromatic rings. The Kier molecular flexibility index (Phi) is 9.88. The van der Waals surface area contributed by atoms with Crippen LogP contribution in [0, 0.1) is 0 Å². The van der Waals surface area contributed by atoms with Crippen LogP contribution >= 0.6 is 0 Å². The Bertz CT molecular complexity index is 1590. The predicted molar refractivity (Wildman–Crippen MR) is 148 cm³/mol. The summed E-state index contributed by atoms with van der Waals surface area (Å²) in [4.78, 5) is 11.6. The van der Waals surface area contributed by atoms with Crippen molar-refractivity contribution in [1.82, 2.24) is 19.8 Å². The SMILES string of the molecule is O=S(=O)(O)c1ccc([O-])c(CN(CCN(Cc2ccccn2)Cc2cc(S(=O)(=O)O)ccc2[O-])Cc2ccccn2)c1. The van der Waals surface area contributed by atoms with E-state index in [1.54, 1.807) is 36.7 Å². The Balaban J connectivity index is 1.62. The largest absolute Gasteiger partial charge is 0.872 e. The second-order valence-electron chi connectivity index (χ2n) is 9.55. The topological polar surface area (TPSA) is 187 Å². The minimum Gasteiger partial charge on any atom is -0.872 e. The number of rotatable bonds is 13. The lowest BCUT2D eigenvalue weighted by molar-refractivity contribution is -0.270. The molecule has 14 heteroatoms. The second kappa shape index (κ2) is 13.4. The first kappa shape index (κ1) is 31.0. The fourth-order valence-corrected chi connectivity index (χ4v) is 5.38. The van der Waals surface area contributed by atoms with E-state index < -0.39 is 41.5 Å². The Hall–Kier alpha value is -3.92. The molecule has 0 aliphatic carbocycles. The van der Waals surface area contributed by atoms with E-state index in [-0.39, 0.29) is 24.2 Å². The highest BCUT2D eigenvalue weighted by molar-refractivity contribution is 7.86. The third-order valence-electron chi connectivity index (χ3n) is 6.40. The fraction of sp³-hybridized carbons (Fsp3) is 0.214. The minimum absolute atomic E-state index is 0.0290. The molecule has 0 unspecified atom stereocenters. The fourth-order valence-electron chi connectivity index (χ4n) is 4.31. The van der Waals surface area contributed by atoms with Gasteiger partial charge in [0.25, 0.3) is 20.2 Å². The van der Waals surface area contributed by atoms with Crippen molar-refractivity contribution in [3.63, 3.8) is 0 Å². The van der Waals surface area contributed by atoms with Gasteiger partial charge in [0.15, 0.2) is 0 Å². The van der Waals surface area contributed by atoms with Crippen molar-refractivity contribution >= 4 is 20.2 Å². The highest BCUT2D eigenvalue weighted by Crippen LogP contribution is 2.24. The third-order valence-corrected chi connectivity index (χ3v) is 8.10. The summed E-state index contributed by atoms with van der Waals surface area (Å²) >= 11 is 0. The molecule has 4 rings (SSSR count). The average Bonchev–Trinajstić information content (AvgIpc) is 2.93. The maximum absolute atomic E-state index is 12.6. The van der Waals surface area contributed by atoms with Gasteiger partial charge in [0.1, 0.15) is 0 Å². The van der Waals surface area contributed by atoms with Gasteiger partial charge >= 0.3 is 0 Å². The first-order valence-electron chi connectivity index (χ1n) is 12.7. The molecule has 222 valence electrons. The monoisotopic (exact) mass is 612 g/mol. The van der Waals surface area contributed by atoms with Gasteiger partial charge in [0, 0.05) is 51.7 Å². The zero-order valence-electron chi connectivity index (χ0n) is 22.3. The molecule has 0 fully saturated rings. The molecule has 2 aromatic carbocycles. The van der Waals surface area contributed by atoms with E-state index in [9.17, 15) is 36.2 Å². The zero-order chi connectivity index (χ0) is 30.3. The molecule has 0 aliphatic heterocycles. The molecule has 12 nitrogen and oxygen atoms in total. The van der Waals surface area contributed by atoms with E-state index in [2.05, 4.69) is 9.97 Å². The van der Waals surface area contributed by atoms with E-state index in [1.807, 2.05) is 21.9 Å². The summed E-state index contributed by atoms with van der Waals surface area (Å²) in [5.41, 5.74) is 1.68. The molecule has 0 aliphatic rings. The Morgan fingerprint density at radius 3 is 1.33 bits per heavy atom. The first-order chi connectivity index (χ1) is 19.9. The summed E-state index contributed by atoms with van der Waals surface area (Å²) in [7, 11) is -9.05. The summed E-state index contributed by atoms with van der Waals surface area (Å²) in [6, 6.07) is 17.3. The van der Waals surface area contributed by atoms with E-state index in [4.69, 9.17) is 0 Å². The van der Waals surface area contributed by atoms with Crippen LogP contribution in [0.15, 0.2) is 95.0 Å². The maximum atomic E-state index is 12.6. The van der Waals surface area contributed by atoms with Crippen LogP contribution < -0.4 is 10.2 Å². The third kappa shape index (κ3) is 8.79. The van der Waals surface area contributed by atoms with Crippen molar-refractivity contribution in [2.75, 3.05) is 13.1 Å². The van der Waals surface area contributed by atoms with Crippen molar-refractivity contribution in [2.24, 2.45) is 0 Å². The van der Waals surface area contributed by atoms with Crippen LogP contribution in [0.2, 0.25) is 0 Å². The summed E-state index contributed by atoms with van der Waals surface area (Å²) in [5.74, 6) is -0.812. The number of aromatic nitrogens is 2. The van der Waals surface area contributed by atoms with Crippen LogP contribution in [0.4, 0.5) is 0 Å². The van der Waals surface area contributed by atoms with Crippen molar-refractivity contribution in [2.45, 2.75) is 36.0 Å². The molecule has 0 amide bonds. The van der Waals surface area contributed by atoms with E-state index in [0.717, 1.165) is 36.4 Å². The first-order valence-corrected chi connectivity index (χ1v) is 15.6. The summed E-state index contributed by atoms with van der Waals surface area (Å²) in [5, 5.41) is 25.2. The Morgan fingerprint density at radius 2 is 1.00 bits per heavy atom. The molecular weight excluding hydrogens is 584 g/mol. The number of nitrogens with zero attached hydrogens (tertiary/aromatic N) is 4. The van der Waals surface area contributed by atoms with Gasteiger partial charge < -0.3 is 10.2 Å². The van der Waals surface area contributed by atoms with E-state index in [0.29, 0.717) is 37.6 Å². The molecule has 2 aromatic heterocycles. The Morgan fingerprint density at radius 1 is 0.595 bits per heavy atom. The minimum atomic E-state index is -4.52. The van der Waals surface area contributed by atoms with Gasteiger partial charge in [0.2, 0.25) is 0 Å². The second-order valence-corrected chi connectivity index (χ2v) is 12.4. The van der Waals surface area contributed by atoms with Crippen LogP contribution in [0.1, 0.15) is 22.5 Å². The van der Waals surface area contributed by atoms with Crippen molar-refractivity contribution in [3.05, 3.63) is 108 Å². The summed E-state index contributed by atoms with van der Waals surface area (Å²) < 4.78 is 65.7. The van der Waals surface area contributed by atoms with Crippen molar-refractivity contribution in [3.8, 4) is 11.5 Å². The molecule has 0 saturated carbocycles. The molecule has 0 atom stereocenters. The van der Waals surface area contributed by atoms with E-state index >= 15 is 0 Å². The molecule has 0 radical (unpaired) electrons. The number of hydrogen-bond donors (Lipinski definition) is 2. The number of benzene rings is 2. The lowest BCUT2D eigenvalue weighted by Crippen LogP contribution is -2.35. The lowest BCUT2D eigenvalue weighted by atomic mass is 10.1. The highest BCUT2D eigenvalue weighted by Gasteiger charge is 2.17. The molecule has 42 heavy (non-hydrogen) atoms. The molecule has 0 bridgehead atoms. The summed E-state index contributed by atoms with van der Waals surface area (Å²) in [6.07, 6.45) is 3.24. The van der Waals surface area contributed by atoms with Crippen molar-refractivity contribution in [1.29, 1.82) is 0 Å². The van der Waals surface area contributed by atoms with Gasteiger partial charge in [-0.3, -0.25) is 28.9 Å². The predicted octanol–water partition coefficient (Wildman–Crippen LogP) is 1.82. The molecular formula is C28H28N4O8S2-2. The highest BCUT2D eigenvalue weighted by atomic mass is 32.2. The van der Waals surface area contributed by atoms with Gasteiger partial charge in [0.05, 0.1) is 21.2 Å². The van der Waals surface area contributed by atoms with Gasteiger partial charge in [-0.05, 0) is 59.7 Å². The van der Waals surface area contributed by atoms with E-state index in [1.165, 1.54) is 0 Å². The quantitative estimate of drug-likeness (QED) is 0.209. The van der Waals surface area contributed by atoms with Crippen LogP contribution in [0.25, 0.3) is 0 Å². The molecule has 0 spiro atoms. The van der Waals surface area contributed by atoms with Gasteiger partial charge in [-0.25, -0.2) is 0 Å². The standard InChI is InChI=1S/C28H30N4O8S2/c33-27-9-7-25(41(35,36)37)15-21(27)17-31(19-23-5-1-3-11-29-23)13-14-32(20-24-6-2-4-12-30-24)18-22-16-26(42(38,39)40)8-10-28(22)34/h1-12,15-16,33-34H,13-14,17-20H2,(H,35,36,37)(H,38,39,40)/p-2. The van der Waals surface area contributed by atoms with Gasteiger partial charge in [-0.1, -0.05) is 24.3 Å². The van der Waals surface area contributed by atoms with Crippen molar-refractivity contribution < 1.29 is 36.2 Å². The zero-order valence-corrected chi connectivity index (χ0v) is 23.9. The van der Waals surface area contributed by atoms with Crippen LogP contribution in [-0.4, -0.2) is 58.8 Å². The Labute approximate surface area is 244 Å². The lowest BCUT2D eigenvalue weighted by Gasteiger charge is -2.30. The molecule has 2 heterocycles. The maximum Gasteiger partial charge on any atom is 0.294 e. The number of pyridine rings is 2.